The lowest BCUT2D eigenvalue weighted by Gasteiger charge is -2.20. The second-order valence-corrected chi connectivity index (χ2v) is 8.38. The van der Waals surface area contributed by atoms with Gasteiger partial charge in [-0.05, 0) is 69.9 Å². The first-order chi connectivity index (χ1) is 13.4. The number of hydrogen-bond donors (Lipinski definition) is 2. The second kappa shape index (κ2) is 10.5. The number of aliphatic imine (C=N–C) groups is 1. The fourth-order valence-electron chi connectivity index (χ4n) is 3.87. The highest BCUT2D eigenvalue weighted by Crippen LogP contribution is 2.48. The Morgan fingerprint density at radius 3 is 2.48 bits per heavy atom. The molecule has 0 radical (unpaired) electrons. The van der Waals surface area contributed by atoms with Gasteiger partial charge in [-0.3, -0.25) is 9.67 Å². The van der Waals surface area contributed by atoms with Crippen molar-refractivity contribution in [3.05, 3.63) is 52.8 Å². The molecule has 1 aromatic heterocycles. The van der Waals surface area contributed by atoms with E-state index in [1.54, 1.807) is 0 Å². The lowest BCUT2D eigenvalue weighted by atomic mass is 9.97. The lowest BCUT2D eigenvalue weighted by Crippen LogP contribution is -2.43. The third-order valence-electron chi connectivity index (χ3n) is 5.85. The Morgan fingerprint density at radius 1 is 1.24 bits per heavy atom. The summed E-state index contributed by atoms with van der Waals surface area (Å²) in [5.74, 6) is 0.925. The number of nitrogens with one attached hydrogen (secondary N) is 2. The van der Waals surface area contributed by atoms with Gasteiger partial charge in [0.25, 0.3) is 0 Å². The molecule has 1 fully saturated rings. The Hall–Kier alpha value is -1.57. The van der Waals surface area contributed by atoms with Crippen LogP contribution in [0.25, 0.3) is 0 Å². The molecular formula is C23H36IN5. The molecule has 0 spiro atoms. The van der Waals surface area contributed by atoms with E-state index in [-0.39, 0.29) is 24.0 Å². The highest BCUT2D eigenvalue weighted by atomic mass is 127. The van der Waals surface area contributed by atoms with Crippen LogP contribution in [0, 0.1) is 19.3 Å². The van der Waals surface area contributed by atoms with Crippen molar-refractivity contribution < 1.29 is 0 Å². The molecule has 1 aliphatic carbocycles. The number of aromatic nitrogens is 2. The maximum Gasteiger partial charge on any atom is 0.191 e. The summed E-state index contributed by atoms with van der Waals surface area (Å²) < 4.78 is 1.97. The molecule has 1 atom stereocenters. The van der Waals surface area contributed by atoms with Crippen molar-refractivity contribution in [1.29, 1.82) is 0 Å². The van der Waals surface area contributed by atoms with Gasteiger partial charge in [0.15, 0.2) is 5.96 Å². The van der Waals surface area contributed by atoms with Crippen molar-refractivity contribution >= 4 is 29.9 Å². The molecule has 1 unspecified atom stereocenters. The molecule has 1 heterocycles. The molecule has 1 aliphatic rings. The van der Waals surface area contributed by atoms with E-state index >= 15 is 0 Å². The molecule has 1 saturated carbocycles. The van der Waals surface area contributed by atoms with Gasteiger partial charge in [0.05, 0.1) is 5.69 Å². The van der Waals surface area contributed by atoms with Gasteiger partial charge in [-0.1, -0.05) is 30.3 Å². The minimum atomic E-state index is 0. The number of halogens is 1. The summed E-state index contributed by atoms with van der Waals surface area (Å²) in [6.07, 6.45) is 4.62. The fraction of sp³-hybridized carbons (Fsp3) is 0.565. The van der Waals surface area contributed by atoms with Crippen molar-refractivity contribution in [2.24, 2.45) is 17.5 Å². The van der Waals surface area contributed by atoms with Crippen LogP contribution in [-0.2, 0) is 19.9 Å². The van der Waals surface area contributed by atoms with Crippen molar-refractivity contribution in [2.45, 2.75) is 59.4 Å². The van der Waals surface area contributed by atoms with Crippen LogP contribution in [0.2, 0.25) is 0 Å². The molecule has 2 aromatic rings. The zero-order valence-corrected chi connectivity index (χ0v) is 20.8. The average molecular weight is 509 g/mol. The Morgan fingerprint density at radius 2 is 1.93 bits per heavy atom. The molecule has 0 aliphatic heterocycles. The Kier molecular flexibility index (Phi) is 8.55. The number of benzene rings is 1. The van der Waals surface area contributed by atoms with Gasteiger partial charge in [-0.25, -0.2) is 0 Å². The molecular weight excluding hydrogens is 473 g/mol. The van der Waals surface area contributed by atoms with Gasteiger partial charge in [0.2, 0.25) is 0 Å². The first-order valence-corrected chi connectivity index (χ1v) is 10.5. The first kappa shape index (κ1) is 23.7. The first-order valence-electron chi connectivity index (χ1n) is 10.5. The monoisotopic (exact) mass is 509 g/mol. The number of aryl methyl sites for hydroxylation is 2. The lowest BCUT2D eigenvalue weighted by molar-refractivity contribution is 0.517. The van der Waals surface area contributed by atoms with Crippen LogP contribution in [0.1, 0.15) is 49.2 Å². The van der Waals surface area contributed by atoms with Crippen LogP contribution in [0.4, 0.5) is 0 Å². The van der Waals surface area contributed by atoms with Crippen molar-refractivity contribution in [3.8, 4) is 0 Å². The largest absolute Gasteiger partial charge is 0.357 e. The van der Waals surface area contributed by atoms with Crippen molar-refractivity contribution in [2.75, 3.05) is 13.1 Å². The fourth-order valence-corrected chi connectivity index (χ4v) is 3.87. The van der Waals surface area contributed by atoms with Crippen molar-refractivity contribution in [1.82, 2.24) is 20.4 Å². The van der Waals surface area contributed by atoms with Gasteiger partial charge in [-0.2, -0.15) is 5.10 Å². The molecule has 3 rings (SSSR count). The maximum absolute atomic E-state index is 4.95. The van der Waals surface area contributed by atoms with Crippen LogP contribution in [-0.4, -0.2) is 34.9 Å². The predicted octanol–water partition coefficient (Wildman–Crippen LogP) is 4.16. The van der Waals surface area contributed by atoms with Crippen molar-refractivity contribution in [3.63, 3.8) is 0 Å². The standard InChI is InChI=1S/C23H35N5.HI/c1-6-24-22(26-17(2)14-21-18(3)27-28(5)19(21)4)25-16-23(12-13-23)15-20-10-8-7-9-11-20;/h7-11,17H,6,12-16H2,1-5H3,(H2,24,25,26);1H. The highest BCUT2D eigenvalue weighted by Gasteiger charge is 2.42. The van der Waals surface area contributed by atoms with Crippen LogP contribution in [0.3, 0.4) is 0 Å². The van der Waals surface area contributed by atoms with Gasteiger partial charge in [0, 0.05) is 31.9 Å². The predicted molar refractivity (Wildman–Crippen MR) is 132 cm³/mol. The topological polar surface area (TPSA) is 54.2 Å². The smallest absolute Gasteiger partial charge is 0.191 e. The Labute approximate surface area is 192 Å². The van der Waals surface area contributed by atoms with Crippen LogP contribution in [0.15, 0.2) is 35.3 Å². The van der Waals surface area contributed by atoms with Crippen LogP contribution in [0.5, 0.6) is 0 Å². The SMILES string of the molecule is CCNC(=NCC1(Cc2ccccc2)CC1)NC(C)Cc1c(C)nn(C)c1C.I. The third kappa shape index (κ3) is 6.46. The van der Waals surface area contributed by atoms with Crippen LogP contribution >= 0.6 is 24.0 Å². The number of nitrogens with zero attached hydrogens (tertiary/aromatic N) is 3. The number of rotatable bonds is 8. The van der Waals surface area contributed by atoms with Gasteiger partial charge >= 0.3 is 0 Å². The van der Waals surface area contributed by atoms with E-state index in [9.17, 15) is 0 Å². The summed E-state index contributed by atoms with van der Waals surface area (Å²) in [6.45, 7) is 10.3. The van der Waals surface area contributed by atoms with E-state index in [4.69, 9.17) is 4.99 Å². The molecule has 2 N–H and O–H groups in total. The molecule has 0 saturated heterocycles. The summed E-state index contributed by atoms with van der Waals surface area (Å²) in [6, 6.07) is 11.1. The molecule has 0 amide bonds. The van der Waals surface area contributed by atoms with Gasteiger partial charge in [0.1, 0.15) is 0 Å². The van der Waals surface area contributed by atoms with E-state index in [1.807, 2.05) is 11.7 Å². The van der Waals surface area contributed by atoms with Gasteiger partial charge < -0.3 is 10.6 Å². The minimum absolute atomic E-state index is 0. The normalized spacial score (nSPS) is 16.1. The quantitative estimate of drug-likeness (QED) is 0.319. The van der Waals surface area contributed by atoms with E-state index in [1.165, 1.54) is 29.7 Å². The Bertz CT molecular complexity index is 808. The maximum atomic E-state index is 4.95. The second-order valence-electron chi connectivity index (χ2n) is 8.38. The van der Waals surface area contributed by atoms with E-state index in [0.29, 0.717) is 11.5 Å². The van der Waals surface area contributed by atoms with E-state index in [0.717, 1.165) is 37.6 Å². The number of hydrogen-bond acceptors (Lipinski definition) is 2. The average Bonchev–Trinajstić information content (AvgIpc) is 3.39. The molecule has 29 heavy (non-hydrogen) atoms. The zero-order chi connectivity index (χ0) is 20.1. The molecule has 160 valence electrons. The minimum Gasteiger partial charge on any atom is -0.357 e. The third-order valence-corrected chi connectivity index (χ3v) is 5.85. The highest BCUT2D eigenvalue weighted by molar-refractivity contribution is 14.0. The molecule has 6 heteroatoms. The molecule has 0 bridgehead atoms. The number of guanidine groups is 1. The summed E-state index contributed by atoms with van der Waals surface area (Å²) >= 11 is 0. The summed E-state index contributed by atoms with van der Waals surface area (Å²) in [4.78, 5) is 4.95. The summed E-state index contributed by atoms with van der Waals surface area (Å²) in [5, 5.41) is 11.6. The molecule has 5 nitrogen and oxygen atoms in total. The van der Waals surface area contributed by atoms with Gasteiger partial charge in [-0.15, -0.1) is 24.0 Å². The molecule has 1 aromatic carbocycles. The van der Waals surface area contributed by atoms with Crippen LogP contribution < -0.4 is 10.6 Å². The zero-order valence-electron chi connectivity index (χ0n) is 18.5. The van der Waals surface area contributed by atoms with E-state index in [2.05, 4.69) is 73.8 Å². The Balaban J connectivity index is 0.00000300. The summed E-state index contributed by atoms with van der Waals surface area (Å²) in [7, 11) is 2.01. The summed E-state index contributed by atoms with van der Waals surface area (Å²) in [5.41, 5.74) is 5.47. The van der Waals surface area contributed by atoms with E-state index < -0.39 is 0 Å².